The zero-order chi connectivity index (χ0) is 13.9. The molecule has 0 unspecified atom stereocenters. The third-order valence-corrected chi connectivity index (χ3v) is 3.44. The van der Waals surface area contributed by atoms with Crippen LogP contribution in [-0.4, -0.2) is 54.4 Å². The molecule has 0 aliphatic carbocycles. The average Bonchev–Trinajstić information content (AvgIpc) is 2.15. The number of nitrogens with zero attached hydrogens (tertiary/aromatic N) is 1. The number of hydrogen-bond acceptors (Lipinski definition) is 4. The van der Waals surface area contributed by atoms with Gasteiger partial charge < -0.3 is 10.0 Å². The van der Waals surface area contributed by atoms with Crippen LogP contribution in [0.2, 0.25) is 0 Å². The van der Waals surface area contributed by atoms with Crippen LogP contribution in [0.4, 0.5) is 0 Å². The van der Waals surface area contributed by atoms with E-state index >= 15 is 0 Å². The van der Waals surface area contributed by atoms with Gasteiger partial charge in [0.05, 0.1) is 5.75 Å². The van der Waals surface area contributed by atoms with Gasteiger partial charge in [0.25, 0.3) is 0 Å². The predicted octanol–water partition coefficient (Wildman–Crippen LogP) is -0.0912. The molecule has 17 heavy (non-hydrogen) atoms. The summed E-state index contributed by atoms with van der Waals surface area (Å²) in [6.07, 6.45) is 1.90. The van der Waals surface area contributed by atoms with Crippen LogP contribution < -0.4 is 0 Å². The van der Waals surface area contributed by atoms with E-state index in [9.17, 15) is 18.0 Å². The first-order valence-electron chi connectivity index (χ1n) is 4.93. The number of amides is 1. The highest BCUT2D eigenvalue weighted by atomic mass is 32.2. The number of hydrogen-bond donors (Lipinski definition) is 1. The molecule has 1 N–H and O–H groups in total. The lowest BCUT2D eigenvalue weighted by molar-refractivity contribution is -0.154. The second kappa shape index (κ2) is 5.31. The van der Waals surface area contributed by atoms with Crippen LogP contribution in [-0.2, 0) is 19.4 Å². The Balaban J connectivity index is 5.54. The number of aliphatic carboxylic acids is 1. The Morgan fingerprint density at radius 2 is 1.94 bits per heavy atom. The summed E-state index contributed by atoms with van der Waals surface area (Å²) >= 11 is 0. The van der Waals surface area contributed by atoms with E-state index in [0.29, 0.717) is 0 Å². The largest absolute Gasteiger partial charge is 0.479 e. The zero-order valence-electron chi connectivity index (χ0n) is 10.1. The minimum atomic E-state index is -3.53. The zero-order valence-corrected chi connectivity index (χ0v) is 11.0. The molecular weight excluding hydrogens is 246 g/mol. The lowest BCUT2D eigenvalue weighted by Gasteiger charge is -2.36. The summed E-state index contributed by atoms with van der Waals surface area (Å²) in [6.45, 7) is 6.14. The van der Waals surface area contributed by atoms with Crippen LogP contribution in [0.25, 0.3) is 0 Å². The van der Waals surface area contributed by atoms with Gasteiger partial charge in [0, 0.05) is 12.8 Å². The van der Waals surface area contributed by atoms with Crippen LogP contribution in [0.3, 0.4) is 0 Å². The van der Waals surface area contributed by atoms with E-state index < -0.39 is 33.0 Å². The van der Waals surface area contributed by atoms with Gasteiger partial charge in [-0.05, 0) is 19.9 Å². The van der Waals surface area contributed by atoms with Gasteiger partial charge in [-0.2, -0.15) is 0 Å². The number of carbonyl (C=O) groups excluding carboxylic acids is 1. The molecule has 98 valence electrons. The summed E-state index contributed by atoms with van der Waals surface area (Å²) in [5, 5.41) is 9.15. The van der Waals surface area contributed by atoms with Gasteiger partial charge in [0.2, 0.25) is 5.91 Å². The minimum absolute atomic E-state index is 0.0865. The molecule has 0 rings (SSSR count). The van der Waals surface area contributed by atoms with Crippen molar-refractivity contribution in [2.75, 3.05) is 18.6 Å². The Kier molecular flexibility index (Phi) is 4.88. The fraction of sp³-hybridized carbons (Fsp3) is 0.600. The second-order valence-corrected chi connectivity index (χ2v) is 6.08. The molecule has 0 aromatic carbocycles. The highest BCUT2D eigenvalue weighted by Crippen LogP contribution is 2.18. The van der Waals surface area contributed by atoms with Crippen LogP contribution >= 0.6 is 0 Å². The summed E-state index contributed by atoms with van der Waals surface area (Å²) in [7, 11) is -3.53. The van der Waals surface area contributed by atoms with Crippen molar-refractivity contribution in [3.05, 3.63) is 12.7 Å². The summed E-state index contributed by atoms with van der Waals surface area (Å²) in [4.78, 5) is 23.7. The van der Waals surface area contributed by atoms with Gasteiger partial charge in [0.1, 0.15) is 9.84 Å². The Labute approximate surface area is 101 Å². The minimum Gasteiger partial charge on any atom is -0.479 e. The monoisotopic (exact) mass is 263 g/mol. The SMILES string of the molecule is C=CC(=O)N(CC)[C@@](C)(CS(C)(=O)=O)C(=O)O. The molecule has 0 aliphatic rings. The fourth-order valence-electron chi connectivity index (χ4n) is 1.62. The van der Waals surface area contributed by atoms with Crippen molar-refractivity contribution in [1.82, 2.24) is 4.90 Å². The average molecular weight is 263 g/mol. The van der Waals surface area contributed by atoms with Gasteiger partial charge >= 0.3 is 5.97 Å². The molecule has 0 aliphatic heterocycles. The molecule has 0 aromatic heterocycles. The maximum Gasteiger partial charge on any atom is 0.330 e. The first-order chi connectivity index (χ1) is 7.58. The molecule has 0 spiro atoms. The number of likely N-dealkylation sites (N-methyl/N-ethyl adjacent to an activating group) is 1. The maximum atomic E-state index is 11.5. The summed E-state index contributed by atoms with van der Waals surface area (Å²) in [5.74, 6) is -2.61. The number of sulfone groups is 1. The molecule has 1 atom stereocenters. The van der Waals surface area contributed by atoms with Gasteiger partial charge in [-0.25, -0.2) is 13.2 Å². The molecular formula is C10H17NO5S. The van der Waals surface area contributed by atoms with E-state index in [4.69, 9.17) is 5.11 Å². The van der Waals surface area contributed by atoms with Crippen LogP contribution in [0.15, 0.2) is 12.7 Å². The maximum absolute atomic E-state index is 11.5. The van der Waals surface area contributed by atoms with E-state index in [1.807, 2.05) is 0 Å². The Hall–Kier alpha value is -1.37. The van der Waals surface area contributed by atoms with Crippen molar-refractivity contribution < 1.29 is 23.1 Å². The molecule has 0 aromatic rings. The molecule has 7 heteroatoms. The standard InChI is InChI=1S/C10H17NO5S/c1-5-8(12)11(6-2)10(3,9(13)14)7-17(4,15)16/h5H,1,6-7H2,2-4H3,(H,13,14)/t10-/m0/s1. The first-order valence-corrected chi connectivity index (χ1v) is 6.99. The van der Waals surface area contributed by atoms with Crippen LogP contribution in [0.5, 0.6) is 0 Å². The highest BCUT2D eigenvalue weighted by molar-refractivity contribution is 7.90. The second-order valence-electron chi connectivity index (χ2n) is 3.94. The lowest BCUT2D eigenvalue weighted by atomic mass is 10.0. The third-order valence-electron chi connectivity index (χ3n) is 2.36. The van der Waals surface area contributed by atoms with Gasteiger partial charge in [0.15, 0.2) is 5.54 Å². The molecule has 6 nitrogen and oxygen atoms in total. The van der Waals surface area contributed by atoms with Gasteiger partial charge in [-0.3, -0.25) is 4.79 Å². The molecule has 1 amide bonds. The van der Waals surface area contributed by atoms with Crippen molar-refractivity contribution in [2.24, 2.45) is 0 Å². The summed E-state index contributed by atoms with van der Waals surface area (Å²) in [6, 6.07) is 0. The van der Waals surface area contributed by atoms with Gasteiger partial charge in [-0.1, -0.05) is 6.58 Å². The molecule has 0 radical (unpaired) electrons. The number of carboxylic acid groups (broad SMARTS) is 1. The first kappa shape index (κ1) is 15.6. The molecule has 0 fully saturated rings. The normalized spacial score (nSPS) is 14.8. The molecule has 0 bridgehead atoms. The smallest absolute Gasteiger partial charge is 0.330 e. The molecule has 0 heterocycles. The fourth-order valence-corrected chi connectivity index (χ4v) is 2.92. The van der Waals surface area contributed by atoms with E-state index in [0.717, 1.165) is 17.2 Å². The van der Waals surface area contributed by atoms with Gasteiger partial charge in [-0.15, -0.1) is 0 Å². The third kappa shape index (κ3) is 3.85. The quantitative estimate of drug-likeness (QED) is 0.676. The topological polar surface area (TPSA) is 91.8 Å². The van der Waals surface area contributed by atoms with E-state index in [2.05, 4.69) is 6.58 Å². The van der Waals surface area contributed by atoms with Crippen molar-refractivity contribution in [2.45, 2.75) is 19.4 Å². The van der Waals surface area contributed by atoms with E-state index in [1.54, 1.807) is 6.92 Å². The Morgan fingerprint density at radius 3 is 2.18 bits per heavy atom. The summed E-state index contributed by atoms with van der Waals surface area (Å²) in [5.41, 5.74) is -1.78. The number of rotatable bonds is 6. The number of carbonyl (C=O) groups is 2. The van der Waals surface area contributed by atoms with Crippen molar-refractivity contribution in [3.8, 4) is 0 Å². The van der Waals surface area contributed by atoms with Crippen molar-refractivity contribution in [1.29, 1.82) is 0 Å². The summed E-state index contributed by atoms with van der Waals surface area (Å²) < 4.78 is 22.5. The van der Waals surface area contributed by atoms with Crippen LogP contribution in [0.1, 0.15) is 13.8 Å². The van der Waals surface area contributed by atoms with E-state index in [1.165, 1.54) is 6.92 Å². The lowest BCUT2D eigenvalue weighted by Crippen LogP contribution is -2.58. The van der Waals surface area contributed by atoms with E-state index in [-0.39, 0.29) is 6.54 Å². The molecule has 0 saturated heterocycles. The molecule has 0 saturated carbocycles. The van der Waals surface area contributed by atoms with Crippen LogP contribution in [0, 0.1) is 0 Å². The number of carboxylic acids is 1. The van der Waals surface area contributed by atoms with Crippen molar-refractivity contribution >= 4 is 21.7 Å². The predicted molar refractivity (Wildman–Crippen MR) is 63.3 cm³/mol. The Morgan fingerprint density at radius 1 is 1.47 bits per heavy atom. The van der Waals surface area contributed by atoms with Crippen molar-refractivity contribution in [3.63, 3.8) is 0 Å². The highest BCUT2D eigenvalue weighted by Gasteiger charge is 2.43. The Bertz CT molecular complexity index is 428.